The van der Waals surface area contributed by atoms with E-state index in [0.29, 0.717) is 0 Å². The van der Waals surface area contributed by atoms with Crippen molar-refractivity contribution in [3.63, 3.8) is 0 Å². The van der Waals surface area contributed by atoms with Crippen LogP contribution in [-0.4, -0.2) is 26.2 Å². The van der Waals surface area contributed by atoms with E-state index in [9.17, 15) is 0 Å². The fraction of sp³-hybridized carbons (Fsp3) is 1.00. The molecular weight excluding hydrogens is 370 g/mol. The summed E-state index contributed by atoms with van der Waals surface area (Å²) in [6.07, 6.45) is 0. The van der Waals surface area contributed by atoms with E-state index in [2.05, 4.69) is 0 Å². The van der Waals surface area contributed by atoms with Crippen LogP contribution in [0.4, 0.5) is 0 Å². The molecule has 0 aliphatic rings. The second-order valence-electron chi connectivity index (χ2n) is 1.000. The second kappa shape index (κ2) is 43.5. The van der Waals surface area contributed by atoms with E-state index < -0.39 is 0 Å². The van der Waals surface area contributed by atoms with Crippen molar-refractivity contribution >= 4 is 0 Å². The minimum Gasteiger partial charge on any atom is -1.00 e. The SMILES string of the molecule is [Cl-].[Cl-].[NH-]CC[NH-].[NH-]CC[NH-].[Pt]. The number of halogens is 2. The largest absolute Gasteiger partial charge is 1.00 e. The maximum atomic E-state index is 6.26. The van der Waals surface area contributed by atoms with Crippen LogP contribution in [0.5, 0.6) is 0 Å². The Labute approximate surface area is 94.9 Å². The van der Waals surface area contributed by atoms with Gasteiger partial charge in [0.2, 0.25) is 0 Å². The Morgan fingerprint density at radius 1 is 0.545 bits per heavy atom. The van der Waals surface area contributed by atoms with Crippen LogP contribution < -0.4 is 24.8 Å². The van der Waals surface area contributed by atoms with Gasteiger partial charge in [-0.25, -0.2) is 0 Å². The summed E-state index contributed by atoms with van der Waals surface area (Å²) in [5, 5.41) is 0. The Bertz CT molecular complexity index is 28.1. The Morgan fingerprint density at radius 3 is 0.636 bits per heavy atom. The van der Waals surface area contributed by atoms with E-state index in [1.165, 1.54) is 0 Å². The van der Waals surface area contributed by atoms with Crippen LogP contribution in [0.15, 0.2) is 0 Å². The third-order valence-electron chi connectivity index (χ3n) is 0.250. The van der Waals surface area contributed by atoms with Gasteiger partial charge >= 0.3 is 0 Å². The summed E-state index contributed by atoms with van der Waals surface area (Å²) < 4.78 is 0. The smallest absolute Gasteiger partial charge is 0 e. The Kier molecular flexibility index (Phi) is 117. The first-order valence-electron chi connectivity index (χ1n) is 2.41. The molecule has 0 fully saturated rings. The van der Waals surface area contributed by atoms with Crippen LogP contribution in [0.3, 0.4) is 0 Å². The van der Waals surface area contributed by atoms with Crippen molar-refractivity contribution in [2.45, 2.75) is 0 Å². The number of hydrogen-bond acceptors (Lipinski definition) is 0. The predicted octanol–water partition coefficient (Wildman–Crippen LogP) is -3.81. The van der Waals surface area contributed by atoms with Gasteiger partial charge in [0.25, 0.3) is 0 Å². The molecule has 0 atom stereocenters. The molecule has 0 aromatic carbocycles. The van der Waals surface area contributed by atoms with Crippen molar-refractivity contribution in [2.24, 2.45) is 0 Å². The van der Waals surface area contributed by atoms with Crippen molar-refractivity contribution in [3.05, 3.63) is 22.9 Å². The molecule has 0 saturated heterocycles. The third kappa shape index (κ3) is 95.4. The maximum Gasteiger partial charge on any atom is 0 e. The van der Waals surface area contributed by atoms with Crippen molar-refractivity contribution in [2.75, 3.05) is 26.2 Å². The molecule has 0 aliphatic carbocycles. The molecule has 0 bridgehead atoms. The van der Waals surface area contributed by atoms with Crippen LogP contribution in [-0.2, 0) is 21.1 Å². The van der Waals surface area contributed by atoms with Gasteiger partial charge in [-0.05, 0) is 0 Å². The van der Waals surface area contributed by atoms with Gasteiger partial charge in [-0.2, -0.15) is 26.2 Å². The van der Waals surface area contributed by atoms with Gasteiger partial charge in [-0.1, -0.05) is 0 Å². The van der Waals surface area contributed by atoms with Gasteiger partial charge in [0.15, 0.2) is 0 Å². The molecule has 4 nitrogen and oxygen atoms in total. The van der Waals surface area contributed by atoms with Gasteiger partial charge in [-0.3, -0.25) is 0 Å². The molecule has 0 aromatic heterocycles. The van der Waals surface area contributed by atoms with Crippen molar-refractivity contribution < 1.29 is 45.9 Å². The number of nitrogens with one attached hydrogen (secondary N) is 4. The van der Waals surface area contributed by atoms with Crippen LogP contribution in [0, 0.1) is 0 Å². The van der Waals surface area contributed by atoms with Crippen molar-refractivity contribution in [1.82, 2.24) is 0 Å². The summed E-state index contributed by atoms with van der Waals surface area (Å²) in [4.78, 5) is 0. The summed E-state index contributed by atoms with van der Waals surface area (Å²) >= 11 is 0. The average molecular weight is 382 g/mol. The molecule has 0 radical (unpaired) electrons. The zero-order valence-corrected chi connectivity index (χ0v) is 9.68. The summed E-state index contributed by atoms with van der Waals surface area (Å²) in [5.74, 6) is 0. The molecule has 11 heavy (non-hydrogen) atoms. The Morgan fingerprint density at radius 2 is 0.636 bits per heavy atom. The van der Waals surface area contributed by atoms with Crippen molar-refractivity contribution in [3.8, 4) is 0 Å². The molecular formula is C4H12Cl2N4Pt-6. The fourth-order valence-corrected chi connectivity index (χ4v) is 0. The first-order valence-corrected chi connectivity index (χ1v) is 2.41. The van der Waals surface area contributed by atoms with E-state index >= 15 is 0 Å². The van der Waals surface area contributed by atoms with Crippen LogP contribution in [0.1, 0.15) is 0 Å². The Balaban J connectivity index is -0.0000000171. The zero-order chi connectivity index (χ0) is 6.83. The molecule has 0 aromatic rings. The average Bonchev–Trinajstić information content (AvgIpc) is 1.88. The predicted molar refractivity (Wildman–Crippen MR) is 36.8 cm³/mol. The zero-order valence-electron chi connectivity index (χ0n) is 5.90. The second-order valence-corrected chi connectivity index (χ2v) is 1.000. The summed E-state index contributed by atoms with van der Waals surface area (Å²) in [7, 11) is 0. The normalized spacial score (nSPS) is 5.45. The minimum atomic E-state index is 0. The van der Waals surface area contributed by atoms with E-state index in [0.717, 1.165) is 0 Å². The maximum absolute atomic E-state index is 6.26. The molecule has 0 amide bonds. The summed E-state index contributed by atoms with van der Waals surface area (Å²) in [6, 6.07) is 0. The quantitative estimate of drug-likeness (QED) is 0.468. The van der Waals surface area contributed by atoms with Gasteiger partial charge in [0.05, 0.1) is 0 Å². The molecule has 0 spiro atoms. The standard InChI is InChI=1S/2C2H6N2.2ClH.Pt/c2*3-1-2-4;;;/h2*3-4H,1-2H2;2*1H;/q2*-2;;;/p-2. The van der Waals surface area contributed by atoms with E-state index in [1.807, 2.05) is 0 Å². The number of rotatable bonds is 2. The van der Waals surface area contributed by atoms with Gasteiger partial charge in [0.1, 0.15) is 0 Å². The molecule has 0 rings (SSSR count). The van der Waals surface area contributed by atoms with E-state index in [-0.39, 0.29) is 72.1 Å². The summed E-state index contributed by atoms with van der Waals surface area (Å²) in [6.45, 7) is 0.944. The van der Waals surface area contributed by atoms with Crippen LogP contribution >= 0.6 is 0 Å². The third-order valence-corrected chi connectivity index (χ3v) is 0.250. The molecule has 78 valence electrons. The molecule has 0 saturated carbocycles. The number of hydrogen-bond donors (Lipinski definition) is 0. The van der Waals surface area contributed by atoms with Crippen LogP contribution in [0.2, 0.25) is 0 Å². The molecule has 0 unspecified atom stereocenters. The van der Waals surface area contributed by atoms with Gasteiger partial charge in [-0.15, -0.1) is 0 Å². The fourth-order valence-electron chi connectivity index (χ4n) is 0. The first-order chi connectivity index (χ1) is 3.83. The first kappa shape index (κ1) is 29.6. The Hall–Kier alpha value is 1.11. The van der Waals surface area contributed by atoms with Gasteiger partial charge < -0.3 is 47.7 Å². The minimum absolute atomic E-state index is 0. The topological polar surface area (TPSA) is 95.2 Å². The monoisotopic (exact) mass is 381 g/mol. The molecule has 7 heteroatoms. The van der Waals surface area contributed by atoms with E-state index in [4.69, 9.17) is 22.9 Å². The van der Waals surface area contributed by atoms with Crippen molar-refractivity contribution in [1.29, 1.82) is 0 Å². The summed E-state index contributed by atoms with van der Waals surface area (Å²) in [5.41, 5.74) is 25.1. The molecule has 0 heterocycles. The van der Waals surface area contributed by atoms with E-state index in [1.54, 1.807) is 0 Å². The van der Waals surface area contributed by atoms with Crippen LogP contribution in [0.25, 0.3) is 22.9 Å². The van der Waals surface area contributed by atoms with Gasteiger partial charge in [0, 0.05) is 21.1 Å². The molecule has 0 aliphatic heterocycles. The molecule has 4 N–H and O–H groups in total.